The van der Waals surface area contributed by atoms with Gasteiger partial charge in [-0.3, -0.25) is 4.79 Å². The van der Waals surface area contributed by atoms with Crippen LogP contribution >= 0.6 is 0 Å². The van der Waals surface area contributed by atoms with Gasteiger partial charge >= 0.3 is 11.9 Å². The number of hydrogen-bond acceptors (Lipinski definition) is 5. The summed E-state index contributed by atoms with van der Waals surface area (Å²) >= 11 is 0. The standard InChI is InChI=1S/C28H33FO5/c1-22(30)33-19-9-7-5-3-4-6-8-10-20-34-27-18-15-24(21-26(27)29)12-11-23-13-16-25(17-14-23)28(31)32-2/h13-18,21H,3-10,19-20H2,1-2H3. The van der Waals surface area contributed by atoms with E-state index in [0.717, 1.165) is 44.1 Å². The fourth-order valence-corrected chi connectivity index (χ4v) is 3.31. The summed E-state index contributed by atoms with van der Waals surface area (Å²) in [6, 6.07) is 11.4. The van der Waals surface area contributed by atoms with E-state index in [0.29, 0.717) is 24.3 Å². The van der Waals surface area contributed by atoms with Gasteiger partial charge < -0.3 is 14.2 Å². The van der Waals surface area contributed by atoms with E-state index >= 15 is 0 Å². The summed E-state index contributed by atoms with van der Waals surface area (Å²) < 4.78 is 29.5. The minimum atomic E-state index is -0.429. The topological polar surface area (TPSA) is 61.8 Å². The molecule has 0 radical (unpaired) electrons. The molecule has 5 nitrogen and oxygen atoms in total. The van der Waals surface area contributed by atoms with Crippen molar-refractivity contribution in [1.29, 1.82) is 0 Å². The van der Waals surface area contributed by atoms with E-state index < -0.39 is 11.8 Å². The van der Waals surface area contributed by atoms with Crippen LogP contribution in [0.4, 0.5) is 4.39 Å². The summed E-state index contributed by atoms with van der Waals surface area (Å²) in [5.41, 5.74) is 1.72. The predicted octanol–water partition coefficient (Wildman–Crippen LogP) is 6.07. The van der Waals surface area contributed by atoms with Gasteiger partial charge in [-0.1, -0.05) is 50.4 Å². The first-order chi connectivity index (χ1) is 16.5. The van der Waals surface area contributed by atoms with Crippen molar-refractivity contribution < 1.29 is 28.2 Å². The zero-order valence-corrected chi connectivity index (χ0v) is 20.0. The number of methoxy groups -OCH3 is 1. The molecular weight excluding hydrogens is 435 g/mol. The summed E-state index contributed by atoms with van der Waals surface area (Å²) in [5.74, 6) is 5.07. The molecule has 0 aliphatic rings. The molecule has 0 aliphatic carbocycles. The molecule has 0 heterocycles. The van der Waals surface area contributed by atoms with Crippen molar-refractivity contribution >= 4 is 11.9 Å². The van der Waals surface area contributed by atoms with E-state index in [-0.39, 0.29) is 11.7 Å². The third-order valence-electron chi connectivity index (χ3n) is 5.19. The van der Waals surface area contributed by atoms with Gasteiger partial charge in [0.1, 0.15) is 0 Å². The zero-order valence-electron chi connectivity index (χ0n) is 20.0. The van der Waals surface area contributed by atoms with Crippen molar-refractivity contribution in [2.24, 2.45) is 0 Å². The van der Waals surface area contributed by atoms with E-state index in [1.165, 1.54) is 32.9 Å². The number of rotatable bonds is 13. The maximum atomic E-state index is 14.3. The molecule has 182 valence electrons. The number of ether oxygens (including phenoxy) is 3. The summed E-state index contributed by atoms with van der Waals surface area (Å²) in [7, 11) is 1.33. The van der Waals surface area contributed by atoms with Crippen LogP contribution in [0.15, 0.2) is 42.5 Å². The van der Waals surface area contributed by atoms with E-state index in [2.05, 4.69) is 16.6 Å². The normalized spacial score (nSPS) is 10.2. The highest BCUT2D eigenvalue weighted by Crippen LogP contribution is 2.19. The second kappa shape index (κ2) is 15.5. The molecular formula is C28H33FO5. The average Bonchev–Trinajstić information content (AvgIpc) is 2.84. The van der Waals surface area contributed by atoms with Crippen molar-refractivity contribution in [2.45, 2.75) is 58.3 Å². The van der Waals surface area contributed by atoms with Gasteiger partial charge in [-0.25, -0.2) is 9.18 Å². The largest absolute Gasteiger partial charge is 0.491 e. The molecule has 34 heavy (non-hydrogen) atoms. The van der Waals surface area contributed by atoms with E-state index in [1.807, 2.05) is 0 Å². The number of carbonyl (C=O) groups is 2. The Hall–Kier alpha value is -3.33. The third kappa shape index (κ3) is 10.5. The van der Waals surface area contributed by atoms with Crippen LogP contribution in [-0.2, 0) is 14.3 Å². The van der Waals surface area contributed by atoms with Gasteiger partial charge in [-0.2, -0.15) is 0 Å². The highest BCUT2D eigenvalue weighted by atomic mass is 19.1. The molecule has 0 aromatic heterocycles. The summed E-state index contributed by atoms with van der Waals surface area (Å²) in [4.78, 5) is 22.1. The fourth-order valence-electron chi connectivity index (χ4n) is 3.31. The van der Waals surface area contributed by atoms with Gasteiger partial charge in [0, 0.05) is 18.1 Å². The number of esters is 2. The van der Waals surface area contributed by atoms with Gasteiger partial charge in [0.25, 0.3) is 0 Å². The van der Waals surface area contributed by atoms with Gasteiger partial charge in [0.05, 0.1) is 25.9 Å². The van der Waals surface area contributed by atoms with Crippen molar-refractivity contribution in [3.63, 3.8) is 0 Å². The molecule has 0 N–H and O–H groups in total. The molecule has 2 aromatic rings. The van der Waals surface area contributed by atoms with Crippen LogP contribution < -0.4 is 4.74 Å². The molecule has 0 spiro atoms. The molecule has 0 bridgehead atoms. The lowest BCUT2D eigenvalue weighted by molar-refractivity contribution is -0.141. The summed E-state index contributed by atoms with van der Waals surface area (Å²) in [6.45, 7) is 2.43. The van der Waals surface area contributed by atoms with Gasteiger partial charge in [-0.05, 0) is 55.3 Å². The van der Waals surface area contributed by atoms with Crippen molar-refractivity contribution in [1.82, 2.24) is 0 Å². The Labute approximate surface area is 201 Å². The van der Waals surface area contributed by atoms with E-state index in [9.17, 15) is 14.0 Å². The van der Waals surface area contributed by atoms with Crippen LogP contribution in [0.3, 0.4) is 0 Å². The maximum absolute atomic E-state index is 14.3. The van der Waals surface area contributed by atoms with Crippen molar-refractivity contribution in [3.8, 4) is 17.6 Å². The number of unbranched alkanes of at least 4 members (excludes halogenated alkanes) is 7. The Morgan fingerprint density at radius 1 is 0.794 bits per heavy atom. The Kier molecular flexibility index (Phi) is 12.3. The van der Waals surface area contributed by atoms with Crippen LogP contribution in [0.5, 0.6) is 5.75 Å². The van der Waals surface area contributed by atoms with Crippen LogP contribution in [0.1, 0.15) is 79.8 Å². The molecule has 0 atom stereocenters. The minimum Gasteiger partial charge on any atom is -0.491 e. The minimum absolute atomic E-state index is 0.215. The molecule has 0 aliphatic heterocycles. The summed E-state index contributed by atoms with van der Waals surface area (Å²) in [6.07, 6.45) is 8.56. The molecule has 2 rings (SSSR count). The average molecular weight is 469 g/mol. The first-order valence-electron chi connectivity index (χ1n) is 11.8. The SMILES string of the molecule is COC(=O)c1ccc(C#Cc2ccc(OCCCCCCCCCCOC(C)=O)c(F)c2)cc1. The highest BCUT2D eigenvalue weighted by molar-refractivity contribution is 5.89. The Bertz CT molecular complexity index is 973. The number of halogens is 1. The van der Waals surface area contributed by atoms with Crippen molar-refractivity contribution in [2.75, 3.05) is 20.3 Å². The molecule has 0 fully saturated rings. The molecule has 0 amide bonds. The maximum Gasteiger partial charge on any atom is 0.337 e. The van der Waals surface area contributed by atoms with Crippen LogP contribution in [0.25, 0.3) is 0 Å². The predicted molar refractivity (Wildman–Crippen MR) is 129 cm³/mol. The Balaban J connectivity index is 1.63. The second-order valence-corrected chi connectivity index (χ2v) is 7.98. The highest BCUT2D eigenvalue weighted by Gasteiger charge is 2.05. The second-order valence-electron chi connectivity index (χ2n) is 7.98. The number of benzene rings is 2. The summed E-state index contributed by atoms with van der Waals surface area (Å²) in [5, 5.41) is 0. The Morgan fingerprint density at radius 3 is 1.94 bits per heavy atom. The lowest BCUT2D eigenvalue weighted by Gasteiger charge is -2.07. The molecule has 0 saturated heterocycles. The molecule has 6 heteroatoms. The molecule has 0 unspecified atom stereocenters. The van der Waals surface area contributed by atoms with Gasteiger partial charge in [-0.15, -0.1) is 0 Å². The first kappa shape index (κ1) is 26.9. The van der Waals surface area contributed by atoms with Crippen LogP contribution in [-0.4, -0.2) is 32.3 Å². The number of hydrogen-bond donors (Lipinski definition) is 0. The lowest BCUT2D eigenvalue weighted by Crippen LogP contribution is -2.00. The van der Waals surface area contributed by atoms with Crippen LogP contribution in [0, 0.1) is 17.7 Å². The molecule has 2 aromatic carbocycles. The molecule has 0 saturated carbocycles. The van der Waals surface area contributed by atoms with Crippen molar-refractivity contribution in [3.05, 3.63) is 65.0 Å². The first-order valence-corrected chi connectivity index (χ1v) is 11.8. The number of carbonyl (C=O) groups excluding carboxylic acids is 2. The fraction of sp³-hybridized carbons (Fsp3) is 0.429. The third-order valence-corrected chi connectivity index (χ3v) is 5.19. The van der Waals surface area contributed by atoms with E-state index in [1.54, 1.807) is 36.4 Å². The lowest BCUT2D eigenvalue weighted by atomic mass is 10.1. The van der Waals surface area contributed by atoms with E-state index in [4.69, 9.17) is 9.47 Å². The van der Waals surface area contributed by atoms with Crippen LogP contribution in [0.2, 0.25) is 0 Å². The zero-order chi connectivity index (χ0) is 24.6. The monoisotopic (exact) mass is 468 g/mol. The Morgan fingerprint density at radius 2 is 1.35 bits per heavy atom. The quantitative estimate of drug-likeness (QED) is 0.203. The van der Waals surface area contributed by atoms with Gasteiger partial charge in [0.2, 0.25) is 0 Å². The van der Waals surface area contributed by atoms with Gasteiger partial charge in [0.15, 0.2) is 11.6 Å². The smallest absolute Gasteiger partial charge is 0.337 e.